The largest absolute Gasteiger partial charge is 0.462 e. The van der Waals surface area contributed by atoms with Crippen LogP contribution in [-0.4, -0.2) is 37.2 Å². The summed E-state index contributed by atoms with van der Waals surface area (Å²) in [7, 11) is 0. The molecule has 54 heavy (non-hydrogen) atoms. The van der Waals surface area contributed by atoms with Crippen molar-refractivity contribution in [3.05, 3.63) is 0 Å². The number of hydrogen-bond acceptors (Lipinski definition) is 6. The standard InChI is InChI=1S/C48H92O6/c1-6-9-10-11-12-13-17-25-30-35-40-48(51)54-45(42-53-47(50)39-34-29-24-20-19-22-27-32-37-44(5)8-3)41-52-46(49)38-33-28-23-18-15-14-16-21-26-31-36-43(4)7-2/h43-45H,6-42H2,1-5H3/t43?,44?,45-/m1/s1. The van der Waals surface area contributed by atoms with E-state index in [1.807, 2.05) is 0 Å². The molecule has 0 aromatic rings. The fraction of sp³-hybridized carbons (Fsp3) is 0.938. The zero-order chi connectivity index (χ0) is 39.7. The van der Waals surface area contributed by atoms with Crippen molar-refractivity contribution in [3.63, 3.8) is 0 Å². The molecule has 0 radical (unpaired) electrons. The molecule has 6 heteroatoms. The summed E-state index contributed by atoms with van der Waals surface area (Å²) in [4.78, 5) is 37.7. The van der Waals surface area contributed by atoms with Gasteiger partial charge in [-0.1, -0.05) is 221 Å². The molecule has 0 bridgehead atoms. The summed E-state index contributed by atoms with van der Waals surface area (Å²) in [6, 6.07) is 0. The van der Waals surface area contributed by atoms with Crippen LogP contribution in [0.2, 0.25) is 0 Å². The number of hydrogen-bond donors (Lipinski definition) is 0. The van der Waals surface area contributed by atoms with Crippen LogP contribution in [0.5, 0.6) is 0 Å². The van der Waals surface area contributed by atoms with E-state index in [2.05, 4.69) is 34.6 Å². The third kappa shape index (κ3) is 38.7. The summed E-state index contributed by atoms with van der Waals surface area (Å²) < 4.78 is 16.7. The first-order valence-electron chi connectivity index (χ1n) is 23.8. The molecule has 0 spiro atoms. The van der Waals surface area contributed by atoms with Gasteiger partial charge >= 0.3 is 17.9 Å². The third-order valence-electron chi connectivity index (χ3n) is 11.4. The average molecular weight is 765 g/mol. The van der Waals surface area contributed by atoms with Crippen LogP contribution in [0.4, 0.5) is 0 Å². The Morgan fingerprint density at radius 2 is 0.648 bits per heavy atom. The molecule has 0 aliphatic rings. The van der Waals surface area contributed by atoms with Crippen LogP contribution in [0, 0.1) is 11.8 Å². The maximum absolute atomic E-state index is 12.7. The lowest BCUT2D eigenvalue weighted by molar-refractivity contribution is -0.167. The molecule has 320 valence electrons. The van der Waals surface area contributed by atoms with Crippen molar-refractivity contribution in [2.45, 2.75) is 265 Å². The van der Waals surface area contributed by atoms with Gasteiger partial charge in [0.25, 0.3) is 0 Å². The highest BCUT2D eigenvalue weighted by Gasteiger charge is 2.19. The van der Waals surface area contributed by atoms with Gasteiger partial charge in [-0.25, -0.2) is 0 Å². The number of ether oxygens (including phenoxy) is 3. The van der Waals surface area contributed by atoms with E-state index in [1.165, 1.54) is 148 Å². The molecule has 0 fully saturated rings. The van der Waals surface area contributed by atoms with Crippen LogP contribution in [-0.2, 0) is 28.6 Å². The van der Waals surface area contributed by atoms with E-state index in [0.717, 1.165) is 69.6 Å². The summed E-state index contributed by atoms with van der Waals surface area (Å²) >= 11 is 0. The van der Waals surface area contributed by atoms with Crippen molar-refractivity contribution < 1.29 is 28.6 Å². The molecule has 3 atom stereocenters. The molecule has 0 heterocycles. The van der Waals surface area contributed by atoms with Gasteiger partial charge in [-0.05, 0) is 31.1 Å². The Kier molecular flexibility index (Phi) is 39.8. The summed E-state index contributed by atoms with van der Waals surface area (Å²) in [5.41, 5.74) is 0. The Morgan fingerprint density at radius 3 is 0.963 bits per heavy atom. The Labute approximate surface area is 336 Å². The van der Waals surface area contributed by atoms with E-state index < -0.39 is 6.10 Å². The van der Waals surface area contributed by atoms with E-state index >= 15 is 0 Å². The van der Waals surface area contributed by atoms with Crippen LogP contribution < -0.4 is 0 Å². The minimum atomic E-state index is -0.760. The van der Waals surface area contributed by atoms with Crippen molar-refractivity contribution in [3.8, 4) is 0 Å². The van der Waals surface area contributed by atoms with Crippen LogP contribution in [0.15, 0.2) is 0 Å². The molecule has 2 unspecified atom stereocenters. The second-order valence-electron chi connectivity index (χ2n) is 16.9. The molecule has 0 aromatic carbocycles. The molecular formula is C48H92O6. The van der Waals surface area contributed by atoms with Gasteiger partial charge < -0.3 is 14.2 Å². The van der Waals surface area contributed by atoms with Gasteiger partial charge in [0.1, 0.15) is 13.2 Å². The smallest absolute Gasteiger partial charge is 0.306 e. The third-order valence-corrected chi connectivity index (χ3v) is 11.4. The fourth-order valence-corrected chi connectivity index (χ4v) is 7.04. The van der Waals surface area contributed by atoms with Crippen molar-refractivity contribution in [1.82, 2.24) is 0 Å². The van der Waals surface area contributed by atoms with Gasteiger partial charge in [0.2, 0.25) is 0 Å². The van der Waals surface area contributed by atoms with Crippen molar-refractivity contribution in [2.24, 2.45) is 11.8 Å². The lowest BCUT2D eigenvalue weighted by atomic mass is 9.99. The maximum Gasteiger partial charge on any atom is 0.306 e. The fourth-order valence-electron chi connectivity index (χ4n) is 7.04. The second-order valence-corrected chi connectivity index (χ2v) is 16.9. The van der Waals surface area contributed by atoms with Crippen molar-refractivity contribution in [2.75, 3.05) is 13.2 Å². The van der Waals surface area contributed by atoms with Gasteiger partial charge in [0, 0.05) is 19.3 Å². The molecule has 0 aliphatic carbocycles. The lowest BCUT2D eigenvalue weighted by Gasteiger charge is -2.18. The van der Waals surface area contributed by atoms with Crippen LogP contribution in [0.1, 0.15) is 259 Å². The number of rotatable bonds is 42. The van der Waals surface area contributed by atoms with Crippen LogP contribution in [0.3, 0.4) is 0 Å². The van der Waals surface area contributed by atoms with Crippen molar-refractivity contribution in [1.29, 1.82) is 0 Å². The van der Waals surface area contributed by atoms with Gasteiger partial charge in [0.05, 0.1) is 0 Å². The summed E-state index contributed by atoms with van der Waals surface area (Å²) in [6.07, 6.45) is 39.3. The number of esters is 3. The van der Waals surface area contributed by atoms with E-state index in [9.17, 15) is 14.4 Å². The molecule has 0 N–H and O–H groups in total. The predicted octanol–water partition coefficient (Wildman–Crippen LogP) is 15.0. The van der Waals surface area contributed by atoms with Crippen LogP contribution >= 0.6 is 0 Å². The highest BCUT2D eigenvalue weighted by atomic mass is 16.6. The maximum atomic E-state index is 12.7. The number of unbranched alkanes of at least 4 members (excludes halogenated alkanes) is 25. The molecule has 0 saturated carbocycles. The topological polar surface area (TPSA) is 78.9 Å². The van der Waals surface area contributed by atoms with Gasteiger partial charge in [0.15, 0.2) is 6.10 Å². The number of carbonyl (C=O) groups is 3. The lowest BCUT2D eigenvalue weighted by Crippen LogP contribution is -2.30. The molecule has 0 aliphatic heterocycles. The zero-order valence-corrected chi connectivity index (χ0v) is 36.8. The summed E-state index contributed by atoms with van der Waals surface area (Å²) in [6.45, 7) is 11.4. The molecule has 0 rings (SSSR count). The molecule has 0 amide bonds. The van der Waals surface area contributed by atoms with E-state index in [4.69, 9.17) is 14.2 Å². The number of carbonyl (C=O) groups excluding carboxylic acids is 3. The van der Waals surface area contributed by atoms with E-state index in [0.29, 0.717) is 19.3 Å². The summed E-state index contributed by atoms with van der Waals surface area (Å²) in [5.74, 6) is 0.861. The Morgan fingerprint density at radius 1 is 0.370 bits per heavy atom. The minimum absolute atomic E-state index is 0.0649. The molecule has 6 nitrogen and oxygen atoms in total. The normalized spacial score (nSPS) is 13.1. The van der Waals surface area contributed by atoms with E-state index in [1.54, 1.807) is 0 Å². The van der Waals surface area contributed by atoms with Gasteiger partial charge in [-0.2, -0.15) is 0 Å². The molecular weight excluding hydrogens is 673 g/mol. The highest BCUT2D eigenvalue weighted by Crippen LogP contribution is 2.18. The second kappa shape index (κ2) is 41.1. The first-order chi connectivity index (χ1) is 26.3. The van der Waals surface area contributed by atoms with Crippen molar-refractivity contribution >= 4 is 17.9 Å². The van der Waals surface area contributed by atoms with Gasteiger partial charge in [-0.15, -0.1) is 0 Å². The van der Waals surface area contributed by atoms with E-state index in [-0.39, 0.29) is 31.1 Å². The first-order valence-corrected chi connectivity index (χ1v) is 23.8. The quantitative estimate of drug-likeness (QED) is 0.0350. The molecule has 0 aromatic heterocycles. The molecule has 0 saturated heterocycles. The highest BCUT2D eigenvalue weighted by molar-refractivity contribution is 5.71. The SMILES string of the molecule is CCCCCCCCCCCCC(=O)O[C@H](COC(=O)CCCCCCCCCCCCC(C)CC)COC(=O)CCCCCCCCCCC(C)CC. The van der Waals surface area contributed by atoms with Crippen LogP contribution in [0.25, 0.3) is 0 Å². The first kappa shape index (κ1) is 52.4. The Hall–Kier alpha value is -1.59. The Balaban J connectivity index is 4.33. The van der Waals surface area contributed by atoms with Gasteiger partial charge in [-0.3, -0.25) is 14.4 Å². The zero-order valence-electron chi connectivity index (χ0n) is 36.8. The Bertz CT molecular complexity index is 828. The minimum Gasteiger partial charge on any atom is -0.462 e. The average Bonchev–Trinajstić information content (AvgIpc) is 3.17. The predicted molar refractivity (Wildman–Crippen MR) is 229 cm³/mol. The summed E-state index contributed by atoms with van der Waals surface area (Å²) in [5, 5.41) is 0. The monoisotopic (exact) mass is 765 g/mol.